The summed E-state index contributed by atoms with van der Waals surface area (Å²) in [6, 6.07) is 0.183. The molecule has 0 radical (unpaired) electrons. The molecule has 0 saturated carbocycles. The maximum absolute atomic E-state index is 12.2. The van der Waals surface area contributed by atoms with Gasteiger partial charge in [-0.15, -0.1) is 24.0 Å². The molecule has 0 aromatic heterocycles. The number of guanidine groups is 1. The third-order valence-electron chi connectivity index (χ3n) is 4.23. The second-order valence-corrected chi connectivity index (χ2v) is 8.87. The lowest BCUT2D eigenvalue weighted by atomic mass is 9.96. The van der Waals surface area contributed by atoms with Gasteiger partial charge in [-0.05, 0) is 20.8 Å². The van der Waals surface area contributed by atoms with Crippen LogP contribution in [0.4, 0.5) is 4.79 Å². The van der Waals surface area contributed by atoms with Crippen molar-refractivity contribution < 1.29 is 14.3 Å². The summed E-state index contributed by atoms with van der Waals surface area (Å²) in [5, 5.41) is 6.21. The number of carbonyl (C=O) groups is 2. The number of amides is 2. The first-order chi connectivity index (χ1) is 12.0. The molecule has 1 saturated heterocycles. The van der Waals surface area contributed by atoms with Crippen LogP contribution >= 0.6 is 24.0 Å². The first-order valence-corrected chi connectivity index (χ1v) is 9.28. The van der Waals surface area contributed by atoms with Crippen LogP contribution in [0, 0.1) is 5.41 Å². The van der Waals surface area contributed by atoms with Gasteiger partial charge in [0.1, 0.15) is 5.60 Å². The minimum Gasteiger partial charge on any atom is -0.444 e. The van der Waals surface area contributed by atoms with Crippen LogP contribution in [0.3, 0.4) is 0 Å². The highest BCUT2D eigenvalue weighted by atomic mass is 127. The molecule has 2 aliphatic rings. The molecule has 2 rings (SSSR count). The van der Waals surface area contributed by atoms with E-state index in [1.807, 2.05) is 41.5 Å². The van der Waals surface area contributed by atoms with Gasteiger partial charge >= 0.3 is 6.09 Å². The van der Waals surface area contributed by atoms with Gasteiger partial charge in [0.15, 0.2) is 5.96 Å². The summed E-state index contributed by atoms with van der Waals surface area (Å²) in [6.07, 6.45) is -0.261. The molecule has 1 atom stereocenters. The van der Waals surface area contributed by atoms with E-state index in [9.17, 15) is 9.59 Å². The Bertz CT molecular complexity index is 568. The van der Waals surface area contributed by atoms with Crippen LogP contribution in [-0.4, -0.2) is 78.7 Å². The van der Waals surface area contributed by atoms with E-state index < -0.39 is 5.60 Å². The van der Waals surface area contributed by atoms with Crippen molar-refractivity contribution in [2.75, 3.05) is 39.3 Å². The van der Waals surface area contributed by atoms with Gasteiger partial charge in [-0.3, -0.25) is 9.79 Å². The van der Waals surface area contributed by atoms with Crippen LogP contribution in [0.15, 0.2) is 4.99 Å². The molecule has 9 heteroatoms. The Labute approximate surface area is 179 Å². The molecule has 0 aromatic rings. The van der Waals surface area contributed by atoms with Gasteiger partial charge in [-0.1, -0.05) is 20.8 Å². The molecule has 2 aliphatic heterocycles. The van der Waals surface area contributed by atoms with E-state index in [-0.39, 0.29) is 47.4 Å². The molecule has 8 nitrogen and oxygen atoms in total. The number of nitrogens with zero attached hydrogens (tertiary/aromatic N) is 3. The maximum atomic E-state index is 12.2. The standard InChI is InChI=1S/C18H33N5O3.HI/c1-17(2,3)14(24)19-7-8-20-15-21-11-13-12-22(9-10-23(13)15)16(25)26-18(4,5)6;/h13H,7-12H2,1-6H3,(H,19,24)(H,20,21);1H. The molecule has 2 N–H and O–H groups in total. The van der Waals surface area contributed by atoms with Gasteiger partial charge in [-0.25, -0.2) is 4.79 Å². The number of fused-ring (bicyclic) bond motifs is 1. The molecule has 27 heavy (non-hydrogen) atoms. The zero-order valence-corrected chi connectivity index (χ0v) is 19.6. The van der Waals surface area contributed by atoms with Crippen molar-refractivity contribution in [3.05, 3.63) is 0 Å². The van der Waals surface area contributed by atoms with Crippen molar-refractivity contribution in [3.63, 3.8) is 0 Å². The minimum atomic E-state index is -0.482. The average molecular weight is 495 g/mol. The predicted molar refractivity (Wildman–Crippen MR) is 116 cm³/mol. The van der Waals surface area contributed by atoms with E-state index in [2.05, 4.69) is 20.5 Å². The molecule has 0 aromatic carbocycles. The maximum Gasteiger partial charge on any atom is 0.410 e. The largest absolute Gasteiger partial charge is 0.444 e. The lowest BCUT2D eigenvalue weighted by Crippen LogP contribution is -2.58. The van der Waals surface area contributed by atoms with Crippen molar-refractivity contribution in [2.24, 2.45) is 10.4 Å². The zero-order chi connectivity index (χ0) is 19.5. The van der Waals surface area contributed by atoms with Crippen LogP contribution in [-0.2, 0) is 9.53 Å². The monoisotopic (exact) mass is 495 g/mol. The lowest BCUT2D eigenvalue weighted by molar-refractivity contribution is -0.128. The number of hydrogen-bond acceptors (Lipinski definition) is 6. The Hall–Kier alpha value is -1.26. The van der Waals surface area contributed by atoms with Gasteiger partial charge in [-0.2, -0.15) is 0 Å². The molecule has 0 bridgehead atoms. The summed E-state index contributed by atoms with van der Waals surface area (Å²) in [5.74, 6) is 0.889. The molecule has 1 unspecified atom stereocenters. The Kier molecular flexibility index (Phi) is 8.18. The van der Waals surface area contributed by atoms with Crippen LogP contribution in [0.2, 0.25) is 0 Å². The molecule has 2 heterocycles. The van der Waals surface area contributed by atoms with E-state index in [0.29, 0.717) is 32.7 Å². The first-order valence-electron chi connectivity index (χ1n) is 9.28. The summed E-state index contributed by atoms with van der Waals surface area (Å²) in [7, 11) is 0. The number of carbonyl (C=O) groups excluding carboxylic acids is 2. The predicted octanol–water partition coefficient (Wildman–Crippen LogP) is 1.65. The van der Waals surface area contributed by atoms with Crippen molar-refractivity contribution in [1.29, 1.82) is 0 Å². The number of aliphatic imine (C=N–C) groups is 1. The van der Waals surface area contributed by atoms with E-state index >= 15 is 0 Å². The zero-order valence-electron chi connectivity index (χ0n) is 17.3. The number of rotatable bonds is 3. The van der Waals surface area contributed by atoms with Crippen molar-refractivity contribution in [2.45, 2.75) is 53.2 Å². The lowest BCUT2D eigenvalue weighted by Gasteiger charge is -2.39. The van der Waals surface area contributed by atoms with E-state index in [4.69, 9.17) is 4.74 Å². The van der Waals surface area contributed by atoms with Crippen LogP contribution in [0.1, 0.15) is 41.5 Å². The Morgan fingerprint density at radius 1 is 1.15 bits per heavy atom. The Morgan fingerprint density at radius 2 is 1.81 bits per heavy atom. The molecule has 0 spiro atoms. The number of halogens is 1. The molecule has 156 valence electrons. The summed E-state index contributed by atoms with van der Waals surface area (Å²) in [5.41, 5.74) is -0.863. The second kappa shape index (κ2) is 9.29. The summed E-state index contributed by atoms with van der Waals surface area (Å²) in [4.78, 5) is 32.6. The Morgan fingerprint density at radius 3 is 2.41 bits per heavy atom. The second-order valence-electron chi connectivity index (χ2n) is 8.87. The number of nitrogens with one attached hydrogen (secondary N) is 2. The van der Waals surface area contributed by atoms with Crippen LogP contribution < -0.4 is 10.6 Å². The summed E-state index contributed by atoms with van der Waals surface area (Å²) < 4.78 is 5.46. The van der Waals surface area contributed by atoms with Crippen LogP contribution in [0.25, 0.3) is 0 Å². The normalized spacial score (nSPS) is 19.6. The van der Waals surface area contributed by atoms with Gasteiger partial charge < -0.3 is 25.2 Å². The molecule has 0 aliphatic carbocycles. The smallest absolute Gasteiger partial charge is 0.410 e. The minimum absolute atomic E-state index is 0. The van der Waals surface area contributed by atoms with Gasteiger partial charge in [0, 0.05) is 38.1 Å². The summed E-state index contributed by atoms with van der Waals surface area (Å²) in [6.45, 7) is 15.1. The average Bonchev–Trinajstić information content (AvgIpc) is 2.91. The fourth-order valence-electron chi connectivity index (χ4n) is 2.84. The van der Waals surface area contributed by atoms with Gasteiger partial charge in [0.05, 0.1) is 12.6 Å². The first kappa shape index (κ1) is 23.8. The fourth-order valence-corrected chi connectivity index (χ4v) is 2.84. The van der Waals surface area contributed by atoms with Crippen LogP contribution in [0.5, 0.6) is 0 Å². The third-order valence-corrected chi connectivity index (χ3v) is 4.23. The topological polar surface area (TPSA) is 86.3 Å². The SMILES string of the molecule is CC(C)(C)OC(=O)N1CCN2C(NCCNC(=O)C(C)(C)C)=NCC2C1.I. The van der Waals surface area contributed by atoms with Crippen molar-refractivity contribution >= 4 is 41.9 Å². The number of hydrogen-bond donors (Lipinski definition) is 2. The quantitative estimate of drug-likeness (QED) is 0.460. The molecule has 2 amide bonds. The van der Waals surface area contributed by atoms with Crippen molar-refractivity contribution in [3.8, 4) is 0 Å². The highest BCUT2D eigenvalue weighted by Gasteiger charge is 2.36. The highest BCUT2D eigenvalue weighted by molar-refractivity contribution is 14.0. The third kappa shape index (κ3) is 7.00. The molecular weight excluding hydrogens is 461 g/mol. The van der Waals surface area contributed by atoms with E-state index in [1.165, 1.54) is 0 Å². The highest BCUT2D eigenvalue weighted by Crippen LogP contribution is 2.18. The number of piperazine rings is 1. The van der Waals surface area contributed by atoms with Crippen molar-refractivity contribution in [1.82, 2.24) is 20.4 Å². The fraction of sp³-hybridized carbons (Fsp3) is 0.833. The van der Waals surface area contributed by atoms with Gasteiger partial charge in [0.2, 0.25) is 5.91 Å². The van der Waals surface area contributed by atoms with E-state index in [1.54, 1.807) is 4.90 Å². The van der Waals surface area contributed by atoms with Gasteiger partial charge in [0.25, 0.3) is 0 Å². The molecular formula is C18H34IN5O3. The summed E-state index contributed by atoms with van der Waals surface area (Å²) >= 11 is 0. The van der Waals surface area contributed by atoms with E-state index in [0.717, 1.165) is 12.5 Å². The Balaban J connectivity index is 0.00000364. The number of ether oxygens (including phenoxy) is 1. The molecule has 1 fully saturated rings.